The molecule has 3 heteroatoms. The number of carbonyl (C=O) groups is 1. The zero-order valence-electron chi connectivity index (χ0n) is 11.8. The molecule has 1 amide bonds. The fourth-order valence-corrected chi connectivity index (χ4v) is 2.18. The Labute approximate surface area is 114 Å². The van der Waals surface area contributed by atoms with Gasteiger partial charge in [-0.05, 0) is 30.0 Å². The van der Waals surface area contributed by atoms with Crippen LogP contribution in [0, 0.1) is 12.8 Å². The van der Waals surface area contributed by atoms with Crippen molar-refractivity contribution < 1.29 is 9.90 Å². The van der Waals surface area contributed by atoms with E-state index in [1.165, 1.54) is 0 Å². The van der Waals surface area contributed by atoms with Crippen molar-refractivity contribution >= 4 is 12.0 Å². The van der Waals surface area contributed by atoms with Gasteiger partial charge in [0, 0.05) is 6.08 Å². The van der Waals surface area contributed by atoms with Crippen LogP contribution in [0.5, 0.6) is 0 Å². The maximum absolute atomic E-state index is 11.9. The molecule has 0 radical (unpaired) electrons. The summed E-state index contributed by atoms with van der Waals surface area (Å²) in [6.07, 6.45) is 3.42. The van der Waals surface area contributed by atoms with Gasteiger partial charge in [0.15, 0.2) is 0 Å². The first kappa shape index (κ1) is 13.8. The molecule has 1 aromatic rings. The van der Waals surface area contributed by atoms with Crippen molar-refractivity contribution in [2.75, 3.05) is 13.1 Å². The first-order chi connectivity index (χ1) is 8.92. The lowest BCUT2D eigenvalue weighted by molar-refractivity contribution is -0.158. The molecule has 0 atom stereocenters. The summed E-state index contributed by atoms with van der Waals surface area (Å²) >= 11 is 0. The first-order valence-corrected chi connectivity index (χ1v) is 6.67. The maximum Gasteiger partial charge on any atom is 0.246 e. The van der Waals surface area contributed by atoms with Crippen LogP contribution in [0.3, 0.4) is 0 Å². The predicted molar refractivity (Wildman–Crippen MR) is 76.6 cm³/mol. The fraction of sp³-hybridized carbons (Fsp3) is 0.438. The van der Waals surface area contributed by atoms with Crippen molar-refractivity contribution in [2.45, 2.75) is 26.4 Å². The van der Waals surface area contributed by atoms with Crippen LogP contribution in [-0.4, -0.2) is 34.6 Å². The molecule has 1 N–H and O–H groups in total. The zero-order valence-corrected chi connectivity index (χ0v) is 11.8. The highest BCUT2D eigenvalue weighted by molar-refractivity contribution is 5.92. The van der Waals surface area contributed by atoms with Gasteiger partial charge in [0.2, 0.25) is 5.91 Å². The van der Waals surface area contributed by atoms with Gasteiger partial charge < -0.3 is 10.0 Å². The highest BCUT2D eigenvalue weighted by atomic mass is 16.3. The number of rotatable bonds is 3. The quantitative estimate of drug-likeness (QED) is 0.846. The molecule has 0 unspecified atom stereocenters. The second kappa shape index (κ2) is 5.17. The minimum atomic E-state index is -0.702. The molecule has 1 aromatic carbocycles. The van der Waals surface area contributed by atoms with E-state index < -0.39 is 5.60 Å². The monoisotopic (exact) mass is 259 g/mol. The second-order valence-corrected chi connectivity index (χ2v) is 5.64. The largest absolute Gasteiger partial charge is 0.386 e. The van der Waals surface area contributed by atoms with E-state index in [0.717, 1.165) is 11.1 Å². The molecule has 0 saturated carbocycles. The Morgan fingerprint density at radius 3 is 2.58 bits per heavy atom. The number of nitrogens with zero attached hydrogens (tertiary/aromatic N) is 1. The summed E-state index contributed by atoms with van der Waals surface area (Å²) in [6, 6.07) is 7.94. The molecular formula is C16H21NO2. The fourth-order valence-electron chi connectivity index (χ4n) is 2.18. The summed E-state index contributed by atoms with van der Waals surface area (Å²) in [6.45, 7) is 6.84. The lowest BCUT2D eigenvalue weighted by atomic mass is 9.83. The third-order valence-electron chi connectivity index (χ3n) is 3.91. The molecule has 1 heterocycles. The molecule has 0 aromatic heterocycles. The van der Waals surface area contributed by atoms with Gasteiger partial charge in [-0.1, -0.05) is 38.1 Å². The molecule has 102 valence electrons. The van der Waals surface area contributed by atoms with Gasteiger partial charge in [-0.3, -0.25) is 4.79 Å². The molecule has 0 bridgehead atoms. The molecule has 2 rings (SSSR count). The molecule has 0 spiro atoms. The van der Waals surface area contributed by atoms with Gasteiger partial charge in [0.1, 0.15) is 5.60 Å². The van der Waals surface area contributed by atoms with Crippen LogP contribution in [0.25, 0.3) is 6.08 Å². The number of hydrogen-bond acceptors (Lipinski definition) is 2. The van der Waals surface area contributed by atoms with Crippen molar-refractivity contribution in [3.8, 4) is 0 Å². The number of aryl methyl sites for hydroxylation is 1. The summed E-state index contributed by atoms with van der Waals surface area (Å²) in [5.41, 5.74) is 1.50. The Morgan fingerprint density at radius 1 is 1.37 bits per heavy atom. The summed E-state index contributed by atoms with van der Waals surface area (Å²) in [7, 11) is 0. The number of likely N-dealkylation sites (tertiary alicyclic amines) is 1. The normalized spacial score (nSPS) is 17.8. The molecule has 1 aliphatic rings. The summed E-state index contributed by atoms with van der Waals surface area (Å²) in [5.74, 6) is 0.144. The van der Waals surface area contributed by atoms with Crippen LogP contribution in [0.2, 0.25) is 0 Å². The summed E-state index contributed by atoms with van der Waals surface area (Å²) < 4.78 is 0. The van der Waals surface area contributed by atoms with E-state index in [4.69, 9.17) is 0 Å². The van der Waals surface area contributed by atoms with E-state index >= 15 is 0 Å². The third-order valence-corrected chi connectivity index (χ3v) is 3.91. The second-order valence-electron chi connectivity index (χ2n) is 5.64. The van der Waals surface area contributed by atoms with Gasteiger partial charge in [0.25, 0.3) is 0 Å². The Hall–Kier alpha value is -1.61. The van der Waals surface area contributed by atoms with Crippen molar-refractivity contribution in [3.05, 3.63) is 41.5 Å². The van der Waals surface area contributed by atoms with Crippen LogP contribution in [0.4, 0.5) is 0 Å². The molecule has 19 heavy (non-hydrogen) atoms. The maximum atomic E-state index is 11.9. The summed E-state index contributed by atoms with van der Waals surface area (Å²) in [4.78, 5) is 13.6. The van der Waals surface area contributed by atoms with Crippen molar-refractivity contribution in [2.24, 2.45) is 5.92 Å². The van der Waals surface area contributed by atoms with Crippen LogP contribution in [0.15, 0.2) is 30.3 Å². The average Bonchev–Trinajstić information content (AvgIpc) is 2.33. The first-order valence-electron chi connectivity index (χ1n) is 6.67. The van der Waals surface area contributed by atoms with Crippen molar-refractivity contribution in [1.82, 2.24) is 4.90 Å². The minimum Gasteiger partial charge on any atom is -0.386 e. The van der Waals surface area contributed by atoms with Crippen LogP contribution in [0.1, 0.15) is 25.0 Å². The number of amides is 1. The van der Waals surface area contributed by atoms with Gasteiger partial charge in [0.05, 0.1) is 13.1 Å². The standard InChI is InChI=1S/C16H21NO2/c1-12(2)16(19)10-17(11-16)15(18)9-8-14-7-5-4-6-13(14)3/h4-9,12,19H,10-11H2,1-3H3. The molecule has 1 aliphatic heterocycles. The van der Waals surface area contributed by atoms with E-state index in [-0.39, 0.29) is 11.8 Å². The van der Waals surface area contributed by atoms with Crippen molar-refractivity contribution in [3.63, 3.8) is 0 Å². The number of aliphatic hydroxyl groups is 1. The van der Waals surface area contributed by atoms with Crippen LogP contribution in [-0.2, 0) is 4.79 Å². The number of benzene rings is 1. The Bertz CT molecular complexity index is 499. The SMILES string of the molecule is Cc1ccccc1C=CC(=O)N1CC(O)(C(C)C)C1. The van der Waals surface area contributed by atoms with E-state index in [9.17, 15) is 9.90 Å². The number of carbonyl (C=O) groups excluding carboxylic acids is 1. The lowest BCUT2D eigenvalue weighted by Crippen LogP contribution is -2.65. The Morgan fingerprint density at radius 2 is 2.00 bits per heavy atom. The van der Waals surface area contributed by atoms with Crippen LogP contribution >= 0.6 is 0 Å². The predicted octanol–water partition coefficient (Wildman–Crippen LogP) is 2.24. The topological polar surface area (TPSA) is 40.5 Å². The molecule has 0 aliphatic carbocycles. The average molecular weight is 259 g/mol. The van der Waals surface area contributed by atoms with E-state index in [1.807, 2.05) is 51.1 Å². The van der Waals surface area contributed by atoms with E-state index in [0.29, 0.717) is 13.1 Å². The van der Waals surface area contributed by atoms with Crippen molar-refractivity contribution in [1.29, 1.82) is 0 Å². The summed E-state index contributed by atoms with van der Waals surface area (Å²) in [5, 5.41) is 10.1. The molecule has 1 fully saturated rings. The molecule has 1 saturated heterocycles. The van der Waals surface area contributed by atoms with Gasteiger partial charge >= 0.3 is 0 Å². The minimum absolute atomic E-state index is 0.0337. The zero-order chi connectivity index (χ0) is 14.0. The highest BCUT2D eigenvalue weighted by Crippen LogP contribution is 2.28. The molecular weight excluding hydrogens is 238 g/mol. The van der Waals surface area contributed by atoms with Crippen LogP contribution < -0.4 is 0 Å². The van der Waals surface area contributed by atoms with Gasteiger partial charge in [-0.2, -0.15) is 0 Å². The highest BCUT2D eigenvalue weighted by Gasteiger charge is 2.45. The van der Waals surface area contributed by atoms with E-state index in [2.05, 4.69) is 0 Å². The van der Waals surface area contributed by atoms with Gasteiger partial charge in [-0.25, -0.2) is 0 Å². The Kier molecular flexibility index (Phi) is 3.76. The number of β-amino-alcohol motifs (C(OH)–C–C–N with tert-alkyl or cyclic N) is 1. The van der Waals surface area contributed by atoms with E-state index in [1.54, 1.807) is 11.0 Å². The third kappa shape index (κ3) is 2.87. The van der Waals surface area contributed by atoms with Gasteiger partial charge in [-0.15, -0.1) is 0 Å². The smallest absolute Gasteiger partial charge is 0.246 e. The lowest BCUT2D eigenvalue weighted by Gasteiger charge is -2.48. The Balaban J connectivity index is 1.95. The molecule has 3 nitrogen and oxygen atoms in total. The number of hydrogen-bond donors (Lipinski definition) is 1.